The van der Waals surface area contributed by atoms with Crippen LogP contribution in [0.2, 0.25) is 0 Å². The van der Waals surface area contributed by atoms with Gasteiger partial charge in [0, 0.05) is 16.8 Å². The first-order valence-electron chi connectivity index (χ1n) is 9.58. The van der Waals surface area contributed by atoms with E-state index < -0.39 is 0 Å². The molecular formula is C24H21N3O3. The number of carbonyl (C=O) groups is 1. The molecule has 1 N–H and O–H groups in total. The topological polar surface area (TPSA) is 77.3 Å². The normalized spacial score (nSPS) is 10.6. The lowest BCUT2D eigenvalue weighted by Crippen LogP contribution is -2.03. The second-order valence-corrected chi connectivity index (χ2v) is 6.90. The Bertz CT molecular complexity index is 1170. The molecule has 150 valence electrons. The Morgan fingerprint density at radius 3 is 2.43 bits per heavy atom. The summed E-state index contributed by atoms with van der Waals surface area (Å²) in [6, 6.07) is 22.7. The van der Waals surface area contributed by atoms with Crippen LogP contribution >= 0.6 is 0 Å². The molecule has 6 heteroatoms. The van der Waals surface area contributed by atoms with Crippen molar-refractivity contribution in [1.82, 2.24) is 10.2 Å². The first-order valence-corrected chi connectivity index (χ1v) is 9.58. The van der Waals surface area contributed by atoms with Gasteiger partial charge in [-0.15, -0.1) is 5.10 Å². The molecule has 0 unspecified atom stereocenters. The van der Waals surface area contributed by atoms with Crippen LogP contribution in [0.4, 0.5) is 11.7 Å². The molecule has 0 spiro atoms. The van der Waals surface area contributed by atoms with E-state index >= 15 is 0 Å². The van der Waals surface area contributed by atoms with Gasteiger partial charge in [0.2, 0.25) is 0 Å². The number of benzene rings is 3. The van der Waals surface area contributed by atoms with Crippen molar-refractivity contribution in [3.8, 4) is 5.75 Å². The molecule has 0 saturated heterocycles. The maximum Gasteiger partial charge on any atom is 0.320 e. The minimum atomic E-state index is -0.0194. The maximum atomic E-state index is 12.6. The number of aryl methyl sites for hydroxylation is 2. The molecule has 0 aliphatic rings. The van der Waals surface area contributed by atoms with Crippen LogP contribution < -0.4 is 10.1 Å². The van der Waals surface area contributed by atoms with Gasteiger partial charge >= 0.3 is 6.01 Å². The first kappa shape index (κ1) is 19.4. The average molecular weight is 399 g/mol. The van der Waals surface area contributed by atoms with Crippen LogP contribution in [0.15, 0.2) is 77.2 Å². The fourth-order valence-corrected chi connectivity index (χ4v) is 3.04. The van der Waals surface area contributed by atoms with E-state index in [4.69, 9.17) is 9.15 Å². The fourth-order valence-electron chi connectivity index (χ4n) is 3.04. The summed E-state index contributed by atoms with van der Waals surface area (Å²) in [4.78, 5) is 12.6. The van der Waals surface area contributed by atoms with Crippen molar-refractivity contribution >= 4 is 17.5 Å². The maximum absolute atomic E-state index is 12.6. The summed E-state index contributed by atoms with van der Waals surface area (Å²) >= 11 is 0. The summed E-state index contributed by atoms with van der Waals surface area (Å²) in [7, 11) is 0. The lowest BCUT2D eigenvalue weighted by atomic mass is 10.0. The Morgan fingerprint density at radius 1 is 0.900 bits per heavy atom. The van der Waals surface area contributed by atoms with Gasteiger partial charge in [0.15, 0.2) is 12.4 Å². The monoisotopic (exact) mass is 399 g/mol. The molecule has 6 nitrogen and oxygen atoms in total. The van der Waals surface area contributed by atoms with E-state index in [0.717, 1.165) is 16.8 Å². The smallest absolute Gasteiger partial charge is 0.320 e. The van der Waals surface area contributed by atoms with Gasteiger partial charge in [-0.25, -0.2) is 0 Å². The third-order valence-corrected chi connectivity index (χ3v) is 4.68. The molecule has 0 atom stereocenters. The van der Waals surface area contributed by atoms with Gasteiger partial charge in [0.1, 0.15) is 5.75 Å². The molecule has 0 aliphatic carbocycles. The highest BCUT2D eigenvalue weighted by atomic mass is 16.5. The minimum absolute atomic E-state index is 0.0194. The zero-order valence-electron chi connectivity index (χ0n) is 16.8. The molecule has 4 rings (SSSR count). The van der Waals surface area contributed by atoms with Crippen LogP contribution in [0.25, 0.3) is 0 Å². The number of hydrogen-bond acceptors (Lipinski definition) is 6. The average Bonchev–Trinajstić information content (AvgIpc) is 3.22. The van der Waals surface area contributed by atoms with E-state index in [2.05, 4.69) is 15.5 Å². The number of para-hydroxylation sites is 1. The molecule has 0 aliphatic heterocycles. The van der Waals surface area contributed by atoms with Crippen molar-refractivity contribution in [2.75, 3.05) is 5.32 Å². The predicted molar refractivity (Wildman–Crippen MR) is 114 cm³/mol. The minimum Gasteiger partial charge on any atom is -0.484 e. The lowest BCUT2D eigenvalue weighted by molar-refractivity contribution is 0.103. The zero-order valence-corrected chi connectivity index (χ0v) is 16.8. The largest absolute Gasteiger partial charge is 0.484 e. The van der Waals surface area contributed by atoms with E-state index in [9.17, 15) is 4.79 Å². The van der Waals surface area contributed by atoms with Crippen molar-refractivity contribution in [3.63, 3.8) is 0 Å². The van der Waals surface area contributed by atoms with Crippen LogP contribution in [0, 0.1) is 13.8 Å². The standard InChI is InChI=1S/C24H21N3O3/c1-16-8-6-7-11-20(16)25-24-27-26-22(30-24)15-29-21-13-12-19(14-17(21)2)23(28)18-9-4-3-5-10-18/h3-14H,15H2,1-2H3,(H,25,27). The summed E-state index contributed by atoms with van der Waals surface area (Å²) < 4.78 is 11.4. The van der Waals surface area contributed by atoms with Gasteiger partial charge in [-0.3, -0.25) is 4.79 Å². The van der Waals surface area contributed by atoms with E-state index in [0.29, 0.717) is 28.8 Å². The molecule has 0 saturated carbocycles. The Kier molecular flexibility index (Phi) is 5.57. The van der Waals surface area contributed by atoms with Crippen molar-refractivity contribution in [1.29, 1.82) is 0 Å². The van der Waals surface area contributed by atoms with E-state index in [1.54, 1.807) is 24.3 Å². The van der Waals surface area contributed by atoms with Crippen molar-refractivity contribution in [3.05, 3.63) is 101 Å². The Hall–Kier alpha value is -3.93. The summed E-state index contributed by atoms with van der Waals surface area (Å²) in [6.45, 7) is 4.03. The summed E-state index contributed by atoms with van der Waals surface area (Å²) in [5.41, 5.74) is 4.12. The number of ketones is 1. The zero-order chi connectivity index (χ0) is 20.9. The highest BCUT2D eigenvalue weighted by molar-refractivity contribution is 6.09. The lowest BCUT2D eigenvalue weighted by Gasteiger charge is -2.09. The van der Waals surface area contributed by atoms with Gasteiger partial charge in [-0.1, -0.05) is 53.6 Å². The predicted octanol–water partition coefficient (Wildman–Crippen LogP) is 5.24. The first-order chi connectivity index (χ1) is 14.6. The van der Waals surface area contributed by atoms with Gasteiger partial charge < -0.3 is 14.5 Å². The fraction of sp³-hybridized carbons (Fsp3) is 0.125. The Morgan fingerprint density at radius 2 is 1.67 bits per heavy atom. The number of carbonyl (C=O) groups excluding carboxylic acids is 1. The molecule has 0 bridgehead atoms. The summed E-state index contributed by atoms with van der Waals surface area (Å²) in [5.74, 6) is 0.996. The summed E-state index contributed by atoms with van der Waals surface area (Å²) in [5, 5.41) is 11.1. The van der Waals surface area contributed by atoms with E-state index in [1.807, 2.05) is 62.4 Å². The molecule has 3 aromatic carbocycles. The van der Waals surface area contributed by atoms with Gasteiger partial charge in [-0.05, 0) is 49.2 Å². The quantitative estimate of drug-likeness (QED) is 0.428. The number of aromatic nitrogens is 2. The van der Waals surface area contributed by atoms with Crippen LogP contribution in [-0.4, -0.2) is 16.0 Å². The third kappa shape index (κ3) is 4.38. The number of nitrogens with one attached hydrogen (secondary N) is 1. The Labute approximate surface area is 174 Å². The van der Waals surface area contributed by atoms with Crippen molar-refractivity contribution in [2.24, 2.45) is 0 Å². The molecule has 0 fully saturated rings. The number of nitrogens with zero attached hydrogens (tertiary/aromatic N) is 2. The second kappa shape index (κ2) is 8.61. The van der Waals surface area contributed by atoms with Gasteiger partial charge in [-0.2, -0.15) is 0 Å². The summed E-state index contributed by atoms with van der Waals surface area (Å²) in [6.07, 6.45) is 0. The molecule has 4 aromatic rings. The van der Waals surface area contributed by atoms with Crippen molar-refractivity contribution in [2.45, 2.75) is 20.5 Å². The van der Waals surface area contributed by atoms with E-state index in [1.165, 1.54) is 0 Å². The number of ether oxygens (including phenoxy) is 1. The number of anilines is 2. The molecule has 0 radical (unpaired) electrons. The SMILES string of the molecule is Cc1ccccc1Nc1nnc(COc2ccc(C(=O)c3ccccc3)cc2C)o1. The van der Waals surface area contributed by atoms with Crippen LogP contribution in [0.5, 0.6) is 5.75 Å². The third-order valence-electron chi connectivity index (χ3n) is 4.68. The highest BCUT2D eigenvalue weighted by Gasteiger charge is 2.12. The molecular weight excluding hydrogens is 378 g/mol. The van der Waals surface area contributed by atoms with Crippen LogP contribution in [-0.2, 0) is 6.61 Å². The van der Waals surface area contributed by atoms with Crippen molar-refractivity contribution < 1.29 is 13.9 Å². The Balaban J connectivity index is 1.40. The van der Waals surface area contributed by atoms with E-state index in [-0.39, 0.29) is 12.4 Å². The molecule has 1 aromatic heterocycles. The molecule has 30 heavy (non-hydrogen) atoms. The number of hydrogen-bond donors (Lipinski definition) is 1. The number of rotatable bonds is 7. The molecule has 0 amide bonds. The van der Waals surface area contributed by atoms with Crippen LogP contribution in [0.1, 0.15) is 32.9 Å². The molecule has 1 heterocycles. The second-order valence-electron chi connectivity index (χ2n) is 6.90. The van der Waals surface area contributed by atoms with Gasteiger partial charge in [0.25, 0.3) is 5.89 Å². The highest BCUT2D eigenvalue weighted by Crippen LogP contribution is 2.23. The van der Waals surface area contributed by atoms with Gasteiger partial charge in [0.05, 0.1) is 0 Å². The van der Waals surface area contributed by atoms with Crippen LogP contribution in [0.3, 0.4) is 0 Å².